The van der Waals surface area contributed by atoms with Crippen LogP contribution in [0.4, 0.5) is 4.39 Å². The normalized spacial score (nSPS) is 10.0. The van der Waals surface area contributed by atoms with Crippen LogP contribution in [0.15, 0.2) is 42.5 Å². The Kier molecular flexibility index (Phi) is 3.40. The Bertz CT molecular complexity index is 538. The maximum absolute atomic E-state index is 12.7. The third-order valence-corrected chi connectivity index (χ3v) is 2.38. The largest absolute Gasteiger partial charge is 0.457 e. The highest BCUT2D eigenvalue weighted by Crippen LogP contribution is 2.27. The molecule has 17 heavy (non-hydrogen) atoms. The fourth-order valence-electron chi connectivity index (χ4n) is 1.32. The van der Waals surface area contributed by atoms with E-state index in [1.807, 2.05) is 0 Å². The summed E-state index contributed by atoms with van der Waals surface area (Å²) < 4.78 is 18.2. The lowest BCUT2D eigenvalue weighted by molar-refractivity contribution is 0.112. The Morgan fingerprint density at radius 2 is 1.82 bits per heavy atom. The molecule has 0 bridgehead atoms. The van der Waals surface area contributed by atoms with Crippen LogP contribution in [0.2, 0.25) is 5.02 Å². The topological polar surface area (TPSA) is 26.3 Å². The van der Waals surface area contributed by atoms with Gasteiger partial charge in [-0.3, -0.25) is 4.79 Å². The molecule has 0 aliphatic heterocycles. The standard InChI is InChI=1S/C13H8ClFO2/c14-10-2-1-9(8-16)13(7-10)17-12-5-3-11(15)4-6-12/h1-8H. The predicted octanol–water partition coefficient (Wildman–Crippen LogP) is 4.08. The molecule has 0 atom stereocenters. The number of halogens is 2. The summed E-state index contributed by atoms with van der Waals surface area (Å²) >= 11 is 5.81. The number of carbonyl (C=O) groups excluding carboxylic acids is 1. The van der Waals surface area contributed by atoms with Gasteiger partial charge in [-0.1, -0.05) is 11.6 Å². The van der Waals surface area contributed by atoms with Crippen LogP contribution >= 0.6 is 11.6 Å². The number of benzene rings is 2. The molecule has 2 aromatic carbocycles. The smallest absolute Gasteiger partial charge is 0.153 e. The Hall–Kier alpha value is -1.87. The van der Waals surface area contributed by atoms with Crippen molar-refractivity contribution < 1.29 is 13.9 Å². The number of carbonyl (C=O) groups is 1. The molecule has 2 nitrogen and oxygen atoms in total. The molecule has 0 aromatic heterocycles. The second-order valence-corrected chi connectivity index (χ2v) is 3.79. The zero-order valence-electron chi connectivity index (χ0n) is 8.69. The maximum atomic E-state index is 12.7. The van der Waals surface area contributed by atoms with Crippen LogP contribution in [0.1, 0.15) is 10.4 Å². The van der Waals surface area contributed by atoms with Gasteiger partial charge in [0.1, 0.15) is 17.3 Å². The van der Waals surface area contributed by atoms with E-state index in [2.05, 4.69) is 0 Å². The zero-order chi connectivity index (χ0) is 12.3. The van der Waals surface area contributed by atoms with Crippen LogP contribution in [0, 0.1) is 5.82 Å². The number of ether oxygens (including phenoxy) is 1. The molecule has 2 rings (SSSR count). The highest BCUT2D eigenvalue weighted by molar-refractivity contribution is 6.30. The van der Waals surface area contributed by atoms with Gasteiger partial charge in [-0.05, 0) is 36.4 Å². The van der Waals surface area contributed by atoms with Gasteiger partial charge < -0.3 is 4.74 Å². The lowest BCUT2D eigenvalue weighted by atomic mass is 10.2. The van der Waals surface area contributed by atoms with E-state index in [0.29, 0.717) is 28.4 Å². The fourth-order valence-corrected chi connectivity index (χ4v) is 1.49. The molecule has 0 aliphatic carbocycles. The van der Waals surface area contributed by atoms with E-state index in [1.165, 1.54) is 30.3 Å². The maximum Gasteiger partial charge on any atom is 0.153 e. The summed E-state index contributed by atoms with van der Waals surface area (Å²) in [6.07, 6.45) is 0.676. The minimum atomic E-state index is -0.348. The zero-order valence-corrected chi connectivity index (χ0v) is 9.45. The molecule has 0 saturated heterocycles. The number of hydrogen-bond donors (Lipinski definition) is 0. The minimum Gasteiger partial charge on any atom is -0.457 e. The lowest BCUT2D eigenvalue weighted by Crippen LogP contribution is -1.90. The summed E-state index contributed by atoms with van der Waals surface area (Å²) in [5.74, 6) is 0.440. The van der Waals surface area contributed by atoms with Gasteiger partial charge in [-0.15, -0.1) is 0 Å². The first kappa shape index (κ1) is 11.6. The SMILES string of the molecule is O=Cc1ccc(Cl)cc1Oc1ccc(F)cc1. The molecule has 0 saturated carbocycles. The number of hydrogen-bond acceptors (Lipinski definition) is 2. The van der Waals surface area contributed by atoms with Crippen molar-refractivity contribution in [2.24, 2.45) is 0 Å². The fraction of sp³-hybridized carbons (Fsp3) is 0. The molecule has 0 radical (unpaired) electrons. The van der Waals surface area contributed by atoms with Gasteiger partial charge in [0, 0.05) is 11.1 Å². The van der Waals surface area contributed by atoms with E-state index in [9.17, 15) is 9.18 Å². The molecule has 0 fully saturated rings. The molecular weight excluding hydrogens is 243 g/mol. The lowest BCUT2D eigenvalue weighted by Gasteiger charge is -2.08. The van der Waals surface area contributed by atoms with Gasteiger partial charge in [0.2, 0.25) is 0 Å². The highest BCUT2D eigenvalue weighted by Gasteiger charge is 2.05. The van der Waals surface area contributed by atoms with E-state index in [4.69, 9.17) is 16.3 Å². The first-order valence-electron chi connectivity index (χ1n) is 4.87. The quantitative estimate of drug-likeness (QED) is 0.767. The van der Waals surface area contributed by atoms with Crippen LogP contribution < -0.4 is 4.74 Å². The minimum absolute atomic E-state index is 0.346. The molecule has 0 unspecified atom stereocenters. The summed E-state index contributed by atoms with van der Waals surface area (Å²) in [6, 6.07) is 10.2. The molecule has 0 N–H and O–H groups in total. The third-order valence-electron chi connectivity index (χ3n) is 2.14. The molecule has 4 heteroatoms. The molecule has 0 aliphatic rings. The Morgan fingerprint density at radius 3 is 2.47 bits per heavy atom. The first-order chi connectivity index (χ1) is 8.19. The van der Waals surface area contributed by atoms with Gasteiger partial charge >= 0.3 is 0 Å². The Morgan fingerprint density at radius 1 is 1.12 bits per heavy atom. The monoisotopic (exact) mass is 250 g/mol. The van der Waals surface area contributed by atoms with Crippen molar-refractivity contribution in [2.45, 2.75) is 0 Å². The van der Waals surface area contributed by atoms with Crippen molar-refractivity contribution in [1.29, 1.82) is 0 Å². The van der Waals surface area contributed by atoms with Crippen molar-refractivity contribution in [3.63, 3.8) is 0 Å². The van der Waals surface area contributed by atoms with E-state index in [1.54, 1.807) is 12.1 Å². The number of aldehydes is 1. The van der Waals surface area contributed by atoms with Crippen molar-refractivity contribution in [1.82, 2.24) is 0 Å². The van der Waals surface area contributed by atoms with E-state index >= 15 is 0 Å². The highest BCUT2D eigenvalue weighted by atomic mass is 35.5. The van der Waals surface area contributed by atoms with Gasteiger partial charge in [-0.25, -0.2) is 4.39 Å². The molecule has 0 heterocycles. The average Bonchev–Trinajstić information content (AvgIpc) is 2.32. The van der Waals surface area contributed by atoms with E-state index in [0.717, 1.165) is 0 Å². The summed E-state index contributed by atoms with van der Waals surface area (Å²) in [7, 11) is 0. The Balaban J connectivity index is 2.31. The van der Waals surface area contributed by atoms with Crippen LogP contribution in [0.3, 0.4) is 0 Å². The summed E-state index contributed by atoms with van der Waals surface area (Å²) in [4.78, 5) is 10.8. The van der Waals surface area contributed by atoms with E-state index in [-0.39, 0.29) is 5.82 Å². The molecule has 86 valence electrons. The van der Waals surface area contributed by atoms with Crippen LogP contribution in [-0.4, -0.2) is 6.29 Å². The van der Waals surface area contributed by atoms with Crippen LogP contribution in [-0.2, 0) is 0 Å². The number of rotatable bonds is 3. The van der Waals surface area contributed by atoms with Gasteiger partial charge in [0.25, 0.3) is 0 Å². The Labute approximate surface area is 103 Å². The summed E-state index contributed by atoms with van der Waals surface area (Å²) in [5.41, 5.74) is 0.388. The van der Waals surface area contributed by atoms with Crippen LogP contribution in [0.5, 0.6) is 11.5 Å². The van der Waals surface area contributed by atoms with E-state index < -0.39 is 0 Å². The third kappa shape index (κ3) is 2.82. The van der Waals surface area contributed by atoms with Gasteiger partial charge in [0.05, 0.1) is 5.56 Å². The van der Waals surface area contributed by atoms with Crippen molar-refractivity contribution in [2.75, 3.05) is 0 Å². The van der Waals surface area contributed by atoms with Gasteiger partial charge in [-0.2, -0.15) is 0 Å². The van der Waals surface area contributed by atoms with Crippen molar-refractivity contribution in [3.8, 4) is 11.5 Å². The van der Waals surface area contributed by atoms with Crippen molar-refractivity contribution >= 4 is 17.9 Å². The summed E-state index contributed by atoms with van der Waals surface area (Å²) in [6.45, 7) is 0. The molecule has 0 amide bonds. The van der Waals surface area contributed by atoms with Gasteiger partial charge in [0.15, 0.2) is 6.29 Å². The second kappa shape index (κ2) is 4.97. The molecule has 0 spiro atoms. The van der Waals surface area contributed by atoms with Crippen LogP contribution in [0.25, 0.3) is 0 Å². The van der Waals surface area contributed by atoms with Crippen molar-refractivity contribution in [3.05, 3.63) is 58.9 Å². The predicted molar refractivity (Wildman–Crippen MR) is 63.3 cm³/mol. The molecule has 2 aromatic rings. The first-order valence-corrected chi connectivity index (χ1v) is 5.25. The second-order valence-electron chi connectivity index (χ2n) is 3.36. The summed E-state index contributed by atoms with van der Waals surface area (Å²) in [5, 5.41) is 0.465. The molecular formula is C13H8ClFO2. The average molecular weight is 251 g/mol.